The summed E-state index contributed by atoms with van der Waals surface area (Å²) < 4.78 is 17.9. The molecule has 0 aliphatic heterocycles. The highest BCUT2D eigenvalue weighted by Crippen LogP contribution is 2.22. The number of amides is 1. The van der Waals surface area contributed by atoms with Crippen LogP contribution in [0.1, 0.15) is 15.9 Å². The van der Waals surface area contributed by atoms with E-state index in [1.54, 1.807) is 18.2 Å². The summed E-state index contributed by atoms with van der Waals surface area (Å²) >= 11 is 0. The third kappa shape index (κ3) is 3.42. The fourth-order valence-corrected chi connectivity index (χ4v) is 1.87. The van der Waals surface area contributed by atoms with E-state index in [4.69, 9.17) is 10.5 Å². The number of benzene rings is 2. The van der Waals surface area contributed by atoms with Crippen LogP contribution in [0.2, 0.25) is 0 Å². The summed E-state index contributed by atoms with van der Waals surface area (Å²) in [7, 11) is 1.52. The highest BCUT2D eigenvalue weighted by Gasteiger charge is 2.11. The number of nitrogen functional groups attached to an aromatic ring is 1. The largest absolute Gasteiger partial charge is 0.507 e. The van der Waals surface area contributed by atoms with Gasteiger partial charge in [0.2, 0.25) is 0 Å². The van der Waals surface area contributed by atoms with Gasteiger partial charge in [-0.1, -0.05) is 6.07 Å². The first-order valence-electron chi connectivity index (χ1n) is 6.20. The monoisotopic (exact) mass is 290 g/mol. The first kappa shape index (κ1) is 14.6. The number of hydrogen-bond donors (Lipinski definition) is 3. The molecule has 0 aliphatic rings. The van der Waals surface area contributed by atoms with Crippen LogP contribution in [0.25, 0.3) is 0 Å². The summed E-state index contributed by atoms with van der Waals surface area (Å²) in [5.41, 5.74) is 7.03. The lowest BCUT2D eigenvalue weighted by Crippen LogP contribution is -2.23. The van der Waals surface area contributed by atoms with Gasteiger partial charge in [0.25, 0.3) is 5.91 Å². The molecule has 2 rings (SSSR count). The van der Waals surface area contributed by atoms with Crippen molar-refractivity contribution in [1.29, 1.82) is 0 Å². The van der Waals surface area contributed by atoms with Gasteiger partial charge in [-0.3, -0.25) is 4.79 Å². The topological polar surface area (TPSA) is 84.6 Å². The van der Waals surface area contributed by atoms with Crippen LogP contribution in [0.15, 0.2) is 36.4 Å². The van der Waals surface area contributed by atoms with Gasteiger partial charge >= 0.3 is 0 Å². The molecule has 0 saturated heterocycles. The number of halogens is 1. The molecular weight excluding hydrogens is 275 g/mol. The van der Waals surface area contributed by atoms with Gasteiger partial charge in [-0.25, -0.2) is 4.39 Å². The van der Waals surface area contributed by atoms with Crippen LogP contribution in [0.5, 0.6) is 11.5 Å². The van der Waals surface area contributed by atoms with Crippen molar-refractivity contribution in [3.05, 3.63) is 53.3 Å². The third-order valence-corrected chi connectivity index (χ3v) is 2.95. The molecule has 21 heavy (non-hydrogen) atoms. The molecule has 0 bridgehead atoms. The van der Waals surface area contributed by atoms with Gasteiger partial charge in [-0.15, -0.1) is 0 Å². The van der Waals surface area contributed by atoms with Crippen LogP contribution in [0.4, 0.5) is 10.1 Å². The summed E-state index contributed by atoms with van der Waals surface area (Å²) in [6.45, 7) is 0.226. The minimum absolute atomic E-state index is 0.0119. The Morgan fingerprint density at radius 1 is 1.33 bits per heavy atom. The zero-order chi connectivity index (χ0) is 15.4. The molecule has 2 aromatic carbocycles. The molecule has 5 nitrogen and oxygen atoms in total. The van der Waals surface area contributed by atoms with E-state index in [2.05, 4.69) is 5.32 Å². The van der Waals surface area contributed by atoms with Gasteiger partial charge < -0.3 is 20.9 Å². The maximum absolute atomic E-state index is 12.9. The van der Waals surface area contributed by atoms with Crippen molar-refractivity contribution in [2.24, 2.45) is 0 Å². The second-order valence-electron chi connectivity index (χ2n) is 4.42. The Kier molecular flexibility index (Phi) is 4.27. The van der Waals surface area contributed by atoms with Crippen molar-refractivity contribution >= 4 is 11.6 Å². The fourth-order valence-electron chi connectivity index (χ4n) is 1.87. The number of carbonyl (C=O) groups excluding carboxylic acids is 1. The second-order valence-corrected chi connectivity index (χ2v) is 4.42. The van der Waals surface area contributed by atoms with Gasteiger partial charge in [0.1, 0.15) is 17.3 Å². The molecule has 0 aromatic heterocycles. The van der Waals surface area contributed by atoms with Crippen molar-refractivity contribution in [2.45, 2.75) is 6.54 Å². The van der Waals surface area contributed by atoms with Crippen LogP contribution in [0, 0.1) is 5.82 Å². The van der Waals surface area contributed by atoms with E-state index in [9.17, 15) is 14.3 Å². The number of anilines is 1. The number of nitrogens with two attached hydrogens (primary N) is 1. The van der Waals surface area contributed by atoms with Crippen molar-refractivity contribution < 1.29 is 19.0 Å². The quantitative estimate of drug-likeness (QED) is 0.752. The number of phenols is 1. The van der Waals surface area contributed by atoms with E-state index in [1.165, 1.54) is 13.2 Å². The molecule has 0 unspecified atom stereocenters. The molecule has 0 saturated carbocycles. The molecule has 0 aliphatic carbocycles. The molecule has 6 heteroatoms. The Morgan fingerprint density at radius 2 is 2.10 bits per heavy atom. The number of ether oxygens (including phenoxy) is 1. The maximum atomic E-state index is 12.9. The highest BCUT2D eigenvalue weighted by atomic mass is 19.1. The van der Waals surface area contributed by atoms with Crippen molar-refractivity contribution in [2.75, 3.05) is 12.8 Å². The van der Waals surface area contributed by atoms with Crippen LogP contribution >= 0.6 is 0 Å². The van der Waals surface area contributed by atoms with E-state index < -0.39 is 17.5 Å². The predicted octanol–water partition coefficient (Wildman–Crippen LogP) is 2.05. The smallest absolute Gasteiger partial charge is 0.255 e. The first-order valence-corrected chi connectivity index (χ1v) is 6.20. The van der Waals surface area contributed by atoms with Crippen LogP contribution < -0.4 is 15.8 Å². The normalized spacial score (nSPS) is 10.2. The lowest BCUT2D eigenvalue weighted by molar-refractivity contribution is 0.0948. The average molecular weight is 290 g/mol. The van der Waals surface area contributed by atoms with Gasteiger partial charge in [-0.05, 0) is 29.8 Å². The van der Waals surface area contributed by atoms with Gasteiger partial charge in [0.05, 0.1) is 18.4 Å². The lowest BCUT2D eigenvalue weighted by atomic mass is 10.1. The molecule has 0 heterocycles. The van der Waals surface area contributed by atoms with E-state index in [0.29, 0.717) is 11.4 Å². The molecule has 0 radical (unpaired) electrons. The zero-order valence-electron chi connectivity index (χ0n) is 11.4. The number of hydrogen-bond acceptors (Lipinski definition) is 4. The maximum Gasteiger partial charge on any atom is 0.255 e. The molecule has 0 atom stereocenters. The Balaban J connectivity index is 2.05. The molecule has 4 N–H and O–H groups in total. The minimum atomic E-state index is -0.605. The summed E-state index contributed by atoms with van der Waals surface area (Å²) in [6, 6.07) is 8.37. The number of phenolic OH excluding ortho intramolecular Hbond substituents is 1. The fraction of sp³-hybridized carbons (Fsp3) is 0.133. The average Bonchev–Trinajstić information content (AvgIpc) is 2.45. The summed E-state index contributed by atoms with van der Waals surface area (Å²) in [4.78, 5) is 11.9. The van der Waals surface area contributed by atoms with E-state index in [1.807, 2.05) is 0 Å². The Labute approximate surface area is 121 Å². The summed E-state index contributed by atoms with van der Waals surface area (Å²) in [5.74, 6) is -0.947. The zero-order valence-corrected chi connectivity index (χ0v) is 11.4. The molecule has 2 aromatic rings. The molecule has 1 amide bonds. The molecule has 0 spiro atoms. The molecular formula is C15H15FN2O3. The molecule has 0 fully saturated rings. The van der Waals surface area contributed by atoms with Gasteiger partial charge in [-0.2, -0.15) is 0 Å². The van der Waals surface area contributed by atoms with Crippen molar-refractivity contribution in [3.63, 3.8) is 0 Å². The minimum Gasteiger partial charge on any atom is -0.507 e. The summed E-state index contributed by atoms with van der Waals surface area (Å²) in [6.07, 6.45) is 0. The van der Waals surface area contributed by atoms with Gasteiger partial charge in [0.15, 0.2) is 0 Å². The van der Waals surface area contributed by atoms with Gasteiger partial charge in [0, 0.05) is 12.6 Å². The molecule has 110 valence electrons. The second kappa shape index (κ2) is 6.13. The van der Waals surface area contributed by atoms with Crippen LogP contribution in [0.3, 0.4) is 0 Å². The van der Waals surface area contributed by atoms with Crippen LogP contribution in [-0.2, 0) is 6.54 Å². The standard InChI is InChI=1S/C15H15FN2O3/c1-21-14-5-2-9(6-12(14)17)8-18-15(20)11-4-3-10(16)7-13(11)19/h2-7,19H,8,17H2,1H3,(H,18,20). The van der Waals surface area contributed by atoms with Crippen LogP contribution in [-0.4, -0.2) is 18.1 Å². The van der Waals surface area contributed by atoms with E-state index >= 15 is 0 Å². The predicted molar refractivity (Wildman–Crippen MR) is 76.6 cm³/mol. The third-order valence-electron chi connectivity index (χ3n) is 2.95. The van der Waals surface area contributed by atoms with Crippen molar-refractivity contribution in [1.82, 2.24) is 5.32 Å². The SMILES string of the molecule is COc1ccc(CNC(=O)c2ccc(F)cc2O)cc1N. The summed E-state index contributed by atoms with van der Waals surface area (Å²) in [5, 5.41) is 12.2. The number of carbonyl (C=O) groups is 1. The lowest BCUT2D eigenvalue weighted by Gasteiger charge is -2.09. The Morgan fingerprint density at radius 3 is 2.71 bits per heavy atom. The Bertz CT molecular complexity index is 674. The number of methoxy groups -OCH3 is 1. The number of aromatic hydroxyl groups is 1. The van der Waals surface area contributed by atoms with E-state index in [-0.39, 0.29) is 12.1 Å². The van der Waals surface area contributed by atoms with Crippen molar-refractivity contribution in [3.8, 4) is 11.5 Å². The van der Waals surface area contributed by atoms with E-state index in [0.717, 1.165) is 17.7 Å². The number of nitrogens with one attached hydrogen (secondary N) is 1. The number of rotatable bonds is 4. The first-order chi connectivity index (χ1) is 10.0. The Hall–Kier alpha value is -2.76. The highest BCUT2D eigenvalue weighted by molar-refractivity contribution is 5.96.